The van der Waals surface area contributed by atoms with Crippen molar-refractivity contribution in [1.82, 2.24) is 0 Å². The van der Waals surface area contributed by atoms with Crippen molar-refractivity contribution in [3.63, 3.8) is 0 Å². The van der Waals surface area contributed by atoms with Gasteiger partial charge in [-0.15, -0.1) is 0 Å². The summed E-state index contributed by atoms with van der Waals surface area (Å²) in [6, 6.07) is 19.3. The smallest absolute Gasteiger partial charge is 0.282 e. The van der Waals surface area contributed by atoms with Gasteiger partial charge in [0.1, 0.15) is 17.2 Å². The Morgan fingerprint density at radius 2 is 1.58 bits per heavy atom. The molecule has 0 saturated heterocycles. The van der Waals surface area contributed by atoms with Crippen molar-refractivity contribution >= 4 is 40.4 Å². The minimum absolute atomic E-state index is 0.180. The van der Waals surface area contributed by atoms with Gasteiger partial charge in [-0.05, 0) is 73.5 Å². The first-order chi connectivity index (χ1) is 15.9. The highest BCUT2D eigenvalue weighted by atomic mass is 35.5. The molecule has 0 saturated carbocycles. The predicted molar refractivity (Wildman–Crippen MR) is 130 cm³/mol. The number of carbonyl (C=O) groups excluding carboxylic acids is 2. The second-order valence-corrected chi connectivity index (χ2v) is 7.85. The van der Waals surface area contributed by atoms with E-state index in [1.807, 2.05) is 26.0 Å². The number of nitrogens with one attached hydrogen (secondary N) is 1. The van der Waals surface area contributed by atoms with Crippen molar-refractivity contribution in [2.45, 2.75) is 13.8 Å². The Labute approximate surface area is 197 Å². The van der Waals surface area contributed by atoms with Crippen LogP contribution >= 0.6 is 11.6 Å². The van der Waals surface area contributed by atoms with E-state index in [0.29, 0.717) is 40.1 Å². The Kier molecular flexibility index (Phi) is 6.38. The summed E-state index contributed by atoms with van der Waals surface area (Å²) < 4.78 is 10.7. The maximum atomic E-state index is 13.5. The number of methoxy groups -OCH3 is 1. The monoisotopic (exact) mass is 462 g/mol. The quantitative estimate of drug-likeness (QED) is 0.473. The summed E-state index contributed by atoms with van der Waals surface area (Å²) in [4.78, 5) is 28.2. The molecule has 7 heteroatoms. The molecule has 1 heterocycles. The Balaban J connectivity index is 1.78. The number of aryl methyl sites for hydroxylation is 1. The predicted octanol–water partition coefficient (Wildman–Crippen LogP) is 5.45. The highest BCUT2D eigenvalue weighted by molar-refractivity contribution is 6.46. The van der Waals surface area contributed by atoms with Gasteiger partial charge in [0.15, 0.2) is 0 Å². The fraction of sp³-hybridized carbons (Fsp3) is 0.154. The molecular weight excluding hydrogens is 440 g/mol. The molecule has 0 aliphatic carbocycles. The second kappa shape index (κ2) is 9.38. The first-order valence-corrected chi connectivity index (χ1v) is 10.8. The number of hydrogen-bond donors (Lipinski definition) is 1. The molecule has 6 nitrogen and oxygen atoms in total. The molecule has 33 heavy (non-hydrogen) atoms. The number of amides is 2. The standard InChI is InChI=1S/C26H23ClN2O4/c1-4-33-21-11-6-17(7-12-21)23-24(28-18-8-5-16(2)22(27)15-18)26(31)29(25(23)30)19-9-13-20(32-3)14-10-19/h5-15,28H,4H2,1-3H3. The van der Waals surface area contributed by atoms with Crippen LogP contribution in [0, 0.1) is 6.92 Å². The third kappa shape index (κ3) is 4.43. The second-order valence-electron chi connectivity index (χ2n) is 7.44. The molecular formula is C26H23ClN2O4. The number of nitrogens with zero attached hydrogens (tertiary/aromatic N) is 1. The van der Waals surface area contributed by atoms with Gasteiger partial charge in [-0.2, -0.15) is 0 Å². The van der Waals surface area contributed by atoms with Crippen LogP contribution in [0.1, 0.15) is 18.1 Å². The van der Waals surface area contributed by atoms with Crippen molar-refractivity contribution in [3.05, 3.63) is 88.6 Å². The van der Waals surface area contributed by atoms with Gasteiger partial charge in [0, 0.05) is 10.7 Å². The minimum Gasteiger partial charge on any atom is -0.497 e. The van der Waals surface area contributed by atoms with Crippen molar-refractivity contribution in [2.24, 2.45) is 0 Å². The molecule has 168 valence electrons. The van der Waals surface area contributed by atoms with E-state index in [1.54, 1.807) is 61.7 Å². The molecule has 0 radical (unpaired) electrons. The molecule has 3 aromatic rings. The van der Waals surface area contributed by atoms with Gasteiger partial charge in [0.25, 0.3) is 11.8 Å². The summed E-state index contributed by atoms with van der Waals surface area (Å²) in [5.74, 6) is 0.441. The summed E-state index contributed by atoms with van der Waals surface area (Å²) in [5, 5.41) is 3.69. The summed E-state index contributed by atoms with van der Waals surface area (Å²) >= 11 is 6.27. The molecule has 0 atom stereocenters. The van der Waals surface area contributed by atoms with Crippen LogP contribution in [0.2, 0.25) is 5.02 Å². The molecule has 0 fully saturated rings. The van der Waals surface area contributed by atoms with Crippen LogP contribution in [0.4, 0.5) is 11.4 Å². The summed E-state index contributed by atoms with van der Waals surface area (Å²) in [7, 11) is 1.56. The topological polar surface area (TPSA) is 67.9 Å². The van der Waals surface area contributed by atoms with Crippen LogP contribution in [-0.4, -0.2) is 25.5 Å². The van der Waals surface area contributed by atoms with Gasteiger partial charge >= 0.3 is 0 Å². The number of carbonyl (C=O) groups is 2. The van der Waals surface area contributed by atoms with Crippen molar-refractivity contribution in [1.29, 1.82) is 0 Å². The molecule has 0 spiro atoms. The Morgan fingerprint density at radius 3 is 2.18 bits per heavy atom. The Hall–Kier alpha value is -3.77. The normalized spacial score (nSPS) is 13.5. The van der Waals surface area contributed by atoms with Gasteiger partial charge in [-0.3, -0.25) is 9.59 Å². The number of rotatable bonds is 7. The number of halogens is 1. The van der Waals surface area contributed by atoms with Crippen LogP contribution < -0.4 is 19.7 Å². The zero-order valence-corrected chi connectivity index (χ0v) is 19.3. The highest BCUT2D eigenvalue weighted by Gasteiger charge is 2.40. The number of anilines is 2. The minimum atomic E-state index is -0.453. The summed E-state index contributed by atoms with van der Waals surface area (Å²) in [5.41, 5.74) is 3.04. The van der Waals surface area contributed by atoms with E-state index in [-0.39, 0.29) is 11.3 Å². The van der Waals surface area contributed by atoms with Gasteiger partial charge in [-0.25, -0.2) is 4.90 Å². The lowest BCUT2D eigenvalue weighted by Gasteiger charge is -2.16. The lowest BCUT2D eigenvalue weighted by molar-refractivity contribution is -0.120. The number of hydrogen-bond acceptors (Lipinski definition) is 5. The van der Waals surface area contributed by atoms with Gasteiger partial charge in [0.05, 0.1) is 25.0 Å². The largest absolute Gasteiger partial charge is 0.497 e. The summed E-state index contributed by atoms with van der Waals surface area (Å²) in [6.45, 7) is 4.33. The van der Waals surface area contributed by atoms with Crippen molar-refractivity contribution < 1.29 is 19.1 Å². The zero-order chi connectivity index (χ0) is 23.5. The SMILES string of the molecule is CCOc1ccc(C2=C(Nc3ccc(C)c(Cl)c3)C(=O)N(c3ccc(OC)cc3)C2=O)cc1. The maximum Gasteiger partial charge on any atom is 0.282 e. The number of imide groups is 1. The maximum absolute atomic E-state index is 13.5. The van der Waals surface area contributed by atoms with E-state index < -0.39 is 11.8 Å². The van der Waals surface area contributed by atoms with Crippen LogP contribution in [0.15, 0.2) is 72.4 Å². The highest BCUT2D eigenvalue weighted by Crippen LogP contribution is 2.35. The van der Waals surface area contributed by atoms with Crippen molar-refractivity contribution in [3.8, 4) is 11.5 Å². The first-order valence-electron chi connectivity index (χ1n) is 10.5. The number of benzene rings is 3. The molecule has 1 N–H and O–H groups in total. The number of ether oxygens (including phenoxy) is 2. The molecule has 0 unspecified atom stereocenters. The van der Waals surface area contributed by atoms with E-state index in [9.17, 15) is 9.59 Å². The average Bonchev–Trinajstić information content (AvgIpc) is 3.06. The van der Waals surface area contributed by atoms with E-state index in [4.69, 9.17) is 21.1 Å². The van der Waals surface area contributed by atoms with E-state index in [2.05, 4.69) is 5.32 Å². The third-order valence-corrected chi connectivity index (χ3v) is 5.72. The molecule has 1 aliphatic rings. The van der Waals surface area contributed by atoms with E-state index in [0.717, 1.165) is 10.5 Å². The molecule has 2 amide bonds. The van der Waals surface area contributed by atoms with Crippen LogP contribution in [0.3, 0.4) is 0 Å². The third-order valence-electron chi connectivity index (χ3n) is 5.31. The average molecular weight is 463 g/mol. The lowest BCUT2D eigenvalue weighted by atomic mass is 10.0. The molecule has 3 aromatic carbocycles. The zero-order valence-electron chi connectivity index (χ0n) is 18.5. The molecule has 0 bridgehead atoms. The Bertz CT molecular complexity index is 1230. The molecule has 0 aromatic heterocycles. The first kappa shape index (κ1) is 22.4. The van der Waals surface area contributed by atoms with Crippen LogP contribution in [0.5, 0.6) is 11.5 Å². The van der Waals surface area contributed by atoms with Crippen molar-refractivity contribution in [2.75, 3.05) is 23.9 Å². The van der Waals surface area contributed by atoms with E-state index >= 15 is 0 Å². The molecule has 1 aliphatic heterocycles. The van der Waals surface area contributed by atoms with Gasteiger partial charge in [0.2, 0.25) is 0 Å². The van der Waals surface area contributed by atoms with Crippen LogP contribution in [-0.2, 0) is 9.59 Å². The molecule has 4 rings (SSSR count). The Morgan fingerprint density at radius 1 is 0.909 bits per heavy atom. The lowest BCUT2D eigenvalue weighted by Crippen LogP contribution is -2.32. The summed E-state index contributed by atoms with van der Waals surface area (Å²) in [6.07, 6.45) is 0. The fourth-order valence-electron chi connectivity index (χ4n) is 3.58. The van der Waals surface area contributed by atoms with Gasteiger partial charge in [-0.1, -0.05) is 29.8 Å². The van der Waals surface area contributed by atoms with Crippen LogP contribution in [0.25, 0.3) is 5.57 Å². The van der Waals surface area contributed by atoms with E-state index in [1.165, 1.54) is 0 Å². The fourth-order valence-corrected chi connectivity index (χ4v) is 3.76. The van der Waals surface area contributed by atoms with Gasteiger partial charge < -0.3 is 14.8 Å².